The first kappa shape index (κ1) is 19.2. The second kappa shape index (κ2) is 9.41. The Hall–Kier alpha value is -3.09. The molecule has 0 aliphatic carbocycles. The second-order valence-corrected chi connectivity index (χ2v) is 5.28. The van der Waals surface area contributed by atoms with Gasteiger partial charge in [-0.15, -0.1) is 0 Å². The van der Waals surface area contributed by atoms with E-state index >= 15 is 0 Å². The van der Waals surface area contributed by atoms with Crippen molar-refractivity contribution in [1.29, 1.82) is 0 Å². The quantitative estimate of drug-likeness (QED) is 0.732. The van der Waals surface area contributed by atoms with Gasteiger partial charge in [0.25, 0.3) is 5.91 Å². The lowest BCUT2D eigenvalue weighted by Crippen LogP contribution is -2.28. The normalized spacial score (nSPS) is 10.1. The summed E-state index contributed by atoms with van der Waals surface area (Å²) in [7, 11) is 1.47. The fourth-order valence-corrected chi connectivity index (χ4v) is 2.14. The van der Waals surface area contributed by atoms with Gasteiger partial charge in [-0.1, -0.05) is 12.1 Å². The summed E-state index contributed by atoms with van der Waals surface area (Å²) in [6, 6.07) is 10.4. The molecule has 0 aromatic heterocycles. The number of halogens is 1. The first-order chi connectivity index (χ1) is 12.5. The number of esters is 1. The van der Waals surface area contributed by atoms with E-state index in [1.807, 2.05) is 6.92 Å². The number of rotatable bonds is 8. The van der Waals surface area contributed by atoms with Crippen molar-refractivity contribution in [3.8, 4) is 11.5 Å². The van der Waals surface area contributed by atoms with Crippen molar-refractivity contribution in [1.82, 2.24) is 5.32 Å². The summed E-state index contributed by atoms with van der Waals surface area (Å²) in [5, 5.41) is 2.59. The summed E-state index contributed by atoms with van der Waals surface area (Å²) >= 11 is 0. The topological polar surface area (TPSA) is 73.9 Å². The smallest absolute Gasteiger partial charge is 0.338 e. The Labute approximate surface area is 150 Å². The number of hydrogen-bond acceptors (Lipinski definition) is 5. The van der Waals surface area contributed by atoms with Crippen molar-refractivity contribution in [2.24, 2.45) is 0 Å². The van der Waals surface area contributed by atoms with E-state index in [0.717, 1.165) is 5.56 Å². The second-order valence-electron chi connectivity index (χ2n) is 5.28. The van der Waals surface area contributed by atoms with Crippen LogP contribution < -0.4 is 14.8 Å². The highest BCUT2D eigenvalue weighted by molar-refractivity contribution is 5.92. The summed E-state index contributed by atoms with van der Waals surface area (Å²) in [6.07, 6.45) is 0. The predicted octanol–water partition coefficient (Wildman–Crippen LogP) is 2.71. The van der Waals surface area contributed by atoms with E-state index in [4.69, 9.17) is 14.2 Å². The lowest BCUT2D eigenvalue weighted by atomic mass is 10.2. The third-order valence-electron chi connectivity index (χ3n) is 3.44. The van der Waals surface area contributed by atoms with Crippen molar-refractivity contribution >= 4 is 11.9 Å². The molecule has 138 valence electrons. The summed E-state index contributed by atoms with van der Waals surface area (Å²) in [5.41, 5.74) is 0.985. The van der Waals surface area contributed by atoms with Gasteiger partial charge in [0.15, 0.2) is 18.1 Å². The highest BCUT2D eigenvalue weighted by Crippen LogP contribution is 2.28. The molecular formula is C19H20FNO5. The third-order valence-corrected chi connectivity index (χ3v) is 3.44. The van der Waals surface area contributed by atoms with Gasteiger partial charge in [-0.2, -0.15) is 0 Å². The number of amides is 1. The molecule has 2 aromatic rings. The molecule has 0 radical (unpaired) electrons. The van der Waals surface area contributed by atoms with Crippen molar-refractivity contribution < 1.29 is 28.2 Å². The van der Waals surface area contributed by atoms with E-state index < -0.39 is 18.5 Å². The van der Waals surface area contributed by atoms with Gasteiger partial charge in [0.2, 0.25) is 0 Å². The van der Waals surface area contributed by atoms with E-state index in [1.54, 1.807) is 18.2 Å². The van der Waals surface area contributed by atoms with Crippen LogP contribution in [-0.4, -0.2) is 32.2 Å². The standard InChI is InChI=1S/C19H20FNO5/c1-3-25-16-9-6-14(10-17(16)24-2)19(23)26-12-18(22)21-11-13-4-7-15(20)8-5-13/h4-10H,3,11-12H2,1-2H3,(H,21,22). The molecule has 0 bridgehead atoms. The Morgan fingerprint density at radius 1 is 1.08 bits per heavy atom. The number of nitrogens with one attached hydrogen (secondary N) is 1. The van der Waals surface area contributed by atoms with Crippen molar-refractivity contribution in [2.45, 2.75) is 13.5 Å². The zero-order valence-electron chi connectivity index (χ0n) is 14.6. The van der Waals surface area contributed by atoms with E-state index in [-0.39, 0.29) is 17.9 Å². The van der Waals surface area contributed by atoms with Gasteiger partial charge in [-0.05, 0) is 42.8 Å². The minimum absolute atomic E-state index is 0.216. The summed E-state index contributed by atoms with van der Waals surface area (Å²) in [5.74, 6) is -0.533. The highest BCUT2D eigenvalue weighted by atomic mass is 19.1. The molecule has 2 rings (SSSR count). The Balaban J connectivity index is 1.85. The number of benzene rings is 2. The summed E-state index contributed by atoms with van der Waals surface area (Å²) < 4.78 is 28.4. The number of hydrogen-bond donors (Lipinski definition) is 1. The fraction of sp³-hybridized carbons (Fsp3) is 0.263. The SMILES string of the molecule is CCOc1ccc(C(=O)OCC(=O)NCc2ccc(F)cc2)cc1OC. The van der Waals surface area contributed by atoms with Gasteiger partial charge in [-0.3, -0.25) is 4.79 Å². The number of carbonyl (C=O) groups excluding carboxylic acids is 2. The van der Waals surface area contributed by atoms with E-state index in [9.17, 15) is 14.0 Å². The minimum atomic E-state index is -0.650. The Morgan fingerprint density at radius 3 is 2.46 bits per heavy atom. The number of ether oxygens (including phenoxy) is 3. The minimum Gasteiger partial charge on any atom is -0.493 e. The molecule has 6 nitrogen and oxygen atoms in total. The summed E-state index contributed by atoms with van der Waals surface area (Å²) in [6.45, 7) is 2.10. The molecular weight excluding hydrogens is 341 g/mol. The number of carbonyl (C=O) groups is 2. The van der Waals surface area contributed by atoms with Crippen LogP contribution in [0.25, 0.3) is 0 Å². The van der Waals surface area contributed by atoms with Gasteiger partial charge >= 0.3 is 5.97 Å². The van der Waals surface area contributed by atoms with Crippen LogP contribution in [0.5, 0.6) is 11.5 Å². The molecule has 0 atom stereocenters. The number of methoxy groups -OCH3 is 1. The molecule has 7 heteroatoms. The van der Waals surface area contributed by atoms with E-state index in [2.05, 4.69) is 5.32 Å². The molecule has 26 heavy (non-hydrogen) atoms. The third kappa shape index (κ3) is 5.47. The Morgan fingerprint density at radius 2 is 1.81 bits per heavy atom. The molecule has 1 amide bonds. The maximum atomic E-state index is 12.8. The molecule has 0 heterocycles. The maximum absolute atomic E-state index is 12.8. The average Bonchev–Trinajstić information content (AvgIpc) is 2.66. The van der Waals surface area contributed by atoms with Crippen LogP contribution in [0.15, 0.2) is 42.5 Å². The van der Waals surface area contributed by atoms with Crippen LogP contribution in [0.4, 0.5) is 4.39 Å². The van der Waals surface area contributed by atoms with Crippen LogP contribution in [0, 0.1) is 5.82 Å². The first-order valence-corrected chi connectivity index (χ1v) is 8.02. The maximum Gasteiger partial charge on any atom is 0.338 e. The van der Waals surface area contributed by atoms with Crippen molar-refractivity contribution in [2.75, 3.05) is 20.3 Å². The van der Waals surface area contributed by atoms with Gasteiger partial charge in [-0.25, -0.2) is 9.18 Å². The van der Waals surface area contributed by atoms with Gasteiger partial charge in [0.05, 0.1) is 19.3 Å². The van der Waals surface area contributed by atoms with Crippen LogP contribution in [-0.2, 0) is 16.1 Å². The fourth-order valence-electron chi connectivity index (χ4n) is 2.14. The van der Waals surface area contributed by atoms with E-state index in [1.165, 1.54) is 31.4 Å². The molecule has 0 saturated heterocycles. The lowest BCUT2D eigenvalue weighted by Gasteiger charge is -2.11. The Bertz CT molecular complexity index is 761. The molecule has 0 fully saturated rings. The van der Waals surface area contributed by atoms with Gasteiger partial charge < -0.3 is 19.5 Å². The Kier molecular flexibility index (Phi) is 6.96. The molecule has 0 aliphatic heterocycles. The zero-order chi connectivity index (χ0) is 18.9. The van der Waals surface area contributed by atoms with Crippen LogP contribution in [0.2, 0.25) is 0 Å². The molecule has 0 aliphatic rings. The van der Waals surface area contributed by atoms with Crippen LogP contribution >= 0.6 is 0 Å². The lowest BCUT2D eigenvalue weighted by molar-refractivity contribution is -0.124. The molecule has 2 aromatic carbocycles. The molecule has 0 spiro atoms. The highest BCUT2D eigenvalue weighted by Gasteiger charge is 2.14. The first-order valence-electron chi connectivity index (χ1n) is 8.02. The average molecular weight is 361 g/mol. The van der Waals surface area contributed by atoms with Crippen LogP contribution in [0.1, 0.15) is 22.8 Å². The van der Waals surface area contributed by atoms with Crippen LogP contribution in [0.3, 0.4) is 0 Å². The molecule has 0 saturated carbocycles. The summed E-state index contributed by atoms with van der Waals surface area (Å²) in [4.78, 5) is 23.8. The largest absolute Gasteiger partial charge is 0.493 e. The molecule has 0 unspecified atom stereocenters. The predicted molar refractivity (Wildman–Crippen MR) is 92.7 cm³/mol. The molecule has 1 N–H and O–H groups in total. The van der Waals surface area contributed by atoms with Crippen molar-refractivity contribution in [3.05, 3.63) is 59.4 Å². The van der Waals surface area contributed by atoms with E-state index in [0.29, 0.717) is 18.1 Å². The van der Waals surface area contributed by atoms with Gasteiger partial charge in [0.1, 0.15) is 5.82 Å². The van der Waals surface area contributed by atoms with Crippen molar-refractivity contribution in [3.63, 3.8) is 0 Å². The monoisotopic (exact) mass is 361 g/mol. The zero-order valence-corrected chi connectivity index (χ0v) is 14.6. The van der Waals surface area contributed by atoms with Gasteiger partial charge in [0, 0.05) is 6.54 Å².